The Bertz CT molecular complexity index is 1570. The Balaban J connectivity index is 1.82. The molecule has 2 aromatic carbocycles. The lowest BCUT2D eigenvalue weighted by atomic mass is 10.1. The minimum atomic E-state index is -4.21. The predicted octanol–water partition coefficient (Wildman–Crippen LogP) is 3.39. The van der Waals surface area contributed by atoms with E-state index in [0.29, 0.717) is 39.7 Å². The molecule has 12 heteroatoms. The van der Waals surface area contributed by atoms with Crippen molar-refractivity contribution in [1.82, 2.24) is 19.7 Å². The van der Waals surface area contributed by atoms with E-state index in [0.717, 1.165) is 5.56 Å². The van der Waals surface area contributed by atoms with Gasteiger partial charge in [0.25, 0.3) is 0 Å². The number of aliphatic hydroxyl groups is 1. The molecule has 196 valence electrons. The molecule has 0 fully saturated rings. The Morgan fingerprint density at radius 3 is 2.29 bits per heavy atom. The van der Waals surface area contributed by atoms with E-state index in [9.17, 15) is 13.5 Å². The summed E-state index contributed by atoms with van der Waals surface area (Å²) in [5, 5.41) is 27.0. The van der Waals surface area contributed by atoms with Crippen LogP contribution in [0, 0.1) is 18.3 Å². The summed E-state index contributed by atoms with van der Waals surface area (Å²) in [6, 6.07) is 15.0. The highest BCUT2D eigenvalue weighted by molar-refractivity contribution is 7.93. The van der Waals surface area contributed by atoms with Gasteiger partial charge >= 0.3 is 0 Å². The number of aromatic nitrogens is 4. The summed E-state index contributed by atoms with van der Waals surface area (Å²) in [4.78, 5) is 4.23. The molecule has 0 aliphatic heterocycles. The molecule has 2 aromatic heterocycles. The number of pyridine rings is 1. The van der Waals surface area contributed by atoms with Gasteiger partial charge in [-0.1, -0.05) is 18.2 Å². The molecule has 38 heavy (non-hydrogen) atoms. The summed E-state index contributed by atoms with van der Waals surface area (Å²) in [5.74, 6) is 0.930. The highest BCUT2D eigenvalue weighted by atomic mass is 32.2. The molecule has 2 heterocycles. The van der Waals surface area contributed by atoms with E-state index in [1.54, 1.807) is 30.6 Å². The normalized spacial score (nSPS) is 12.8. The van der Waals surface area contributed by atoms with E-state index in [1.807, 2.05) is 19.1 Å². The fraction of sp³-hybridized carbons (Fsp3) is 0.231. The summed E-state index contributed by atoms with van der Waals surface area (Å²) in [6.45, 7) is 3.25. The van der Waals surface area contributed by atoms with Crippen LogP contribution < -0.4 is 14.2 Å². The van der Waals surface area contributed by atoms with Gasteiger partial charge in [-0.25, -0.2) is 8.42 Å². The van der Waals surface area contributed by atoms with Crippen molar-refractivity contribution in [3.63, 3.8) is 0 Å². The van der Waals surface area contributed by atoms with E-state index in [4.69, 9.17) is 14.7 Å². The van der Waals surface area contributed by atoms with Gasteiger partial charge in [-0.05, 0) is 55.3 Å². The number of para-hydroxylation sites is 1. The molecule has 11 nitrogen and oxygen atoms in total. The minimum absolute atomic E-state index is 0.136. The van der Waals surface area contributed by atoms with Crippen LogP contribution >= 0.6 is 0 Å². The number of anilines is 1. The van der Waals surface area contributed by atoms with Crippen molar-refractivity contribution in [2.45, 2.75) is 25.2 Å². The van der Waals surface area contributed by atoms with Gasteiger partial charge in [0, 0.05) is 18.0 Å². The highest BCUT2D eigenvalue weighted by Gasteiger charge is 2.32. The first kappa shape index (κ1) is 26.6. The van der Waals surface area contributed by atoms with Crippen LogP contribution in [-0.2, 0) is 10.0 Å². The molecule has 2 N–H and O–H groups in total. The van der Waals surface area contributed by atoms with Crippen LogP contribution in [0.2, 0.25) is 0 Å². The monoisotopic (exact) mass is 534 g/mol. The van der Waals surface area contributed by atoms with E-state index in [-0.39, 0.29) is 5.95 Å². The summed E-state index contributed by atoms with van der Waals surface area (Å²) in [7, 11) is -1.24. The average molecular weight is 535 g/mol. The molecule has 4 rings (SSSR count). The van der Waals surface area contributed by atoms with Gasteiger partial charge in [-0.3, -0.25) is 14.3 Å². The molecule has 0 aliphatic carbocycles. The van der Waals surface area contributed by atoms with Gasteiger partial charge in [0.05, 0.1) is 32.0 Å². The van der Waals surface area contributed by atoms with E-state index < -0.39 is 21.4 Å². The Labute approximate surface area is 220 Å². The first-order valence-electron chi connectivity index (χ1n) is 11.5. The number of nitriles is 1. The number of methoxy groups -OCH3 is 2. The smallest absolute Gasteiger partial charge is 0.243 e. The second-order valence-corrected chi connectivity index (χ2v) is 10.5. The number of rotatable bonds is 9. The lowest BCUT2D eigenvalue weighted by molar-refractivity contribution is 0.176. The van der Waals surface area contributed by atoms with Gasteiger partial charge in [-0.2, -0.15) is 5.26 Å². The van der Waals surface area contributed by atoms with Crippen molar-refractivity contribution in [2.24, 2.45) is 0 Å². The molecular weight excluding hydrogens is 508 g/mol. The molecular formula is C26H26N6O5S. The number of hydrogen-bond acceptors (Lipinski definition) is 9. The topological polar surface area (TPSA) is 152 Å². The van der Waals surface area contributed by atoms with Crippen molar-refractivity contribution in [2.75, 3.05) is 18.9 Å². The highest BCUT2D eigenvalue weighted by Crippen LogP contribution is 2.38. The number of aliphatic hydroxyl groups excluding tert-OH is 1. The number of ether oxygens (including phenoxy) is 2. The van der Waals surface area contributed by atoms with Gasteiger partial charge in [0.15, 0.2) is 5.82 Å². The third-order valence-electron chi connectivity index (χ3n) is 5.97. The Hall–Kier alpha value is -4.47. The molecule has 0 aliphatic rings. The molecule has 0 saturated carbocycles. The van der Waals surface area contributed by atoms with Crippen molar-refractivity contribution >= 4 is 16.0 Å². The SMILES string of the molecule is COc1cccc(OC)c1-n1c(NS(=O)(=O)[C@@H](C)[C@H](O)c2ccc(C#N)cc2)nnc1-c1cncc(C)c1. The Morgan fingerprint density at radius 1 is 1.05 bits per heavy atom. The van der Waals surface area contributed by atoms with Crippen molar-refractivity contribution in [1.29, 1.82) is 5.26 Å². The number of aryl methyl sites for hydroxylation is 1. The maximum absolute atomic E-state index is 13.5. The van der Waals surface area contributed by atoms with E-state index in [1.165, 1.54) is 50.0 Å². The molecule has 2 atom stereocenters. The van der Waals surface area contributed by atoms with Gasteiger partial charge in [0.2, 0.25) is 16.0 Å². The predicted molar refractivity (Wildman–Crippen MR) is 141 cm³/mol. The second-order valence-electron chi connectivity index (χ2n) is 8.48. The molecule has 4 aromatic rings. The Kier molecular flexibility index (Phi) is 7.61. The first-order chi connectivity index (χ1) is 18.2. The van der Waals surface area contributed by atoms with Crippen LogP contribution in [0.4, 0.5) is 5.95 Å². The molecule has 0 amide bonds. The number of nitrogens with zero attached hydrogens (tertiary/aromatic N) is 5. The van der Waals surface area contributed by atoms with E-state index in [2.05, 4.69) is 19.9 Å². The summed E-state index contributed by atoms with van der Waals surface area (Å²) in [5.41, 5.74) is 2.57. The largest absolute Gasteiger partial charge is 0.494 e. The van der Waals surface area contributed by atoms with Gasteiger partial charge < -0.3 is 14.6 Å². The van der Waals surface area contributed by atoms with Crippen LogP contribution in [-0.4, -0.2) is 52.7 Å². The second kappa shape index (κ2) is 10.9. The lowest BCUT2D eigenvalue weighted by Crippen LogP contribution is -2.31. The summed E-state index contributed by atoms with van der Waals surface area (Å²) in [6.07, 6.45) is 1.90. The fourth-order valence-corrected chi connectivity index (χ4v) is 4.96. The quantitative estimate of drug-likeness (QED) is 0.329. The molecule has 0 radical (unpaired) electrons. The standard InChI is InChI=1S/C26H26N6O5S/c1-16-12-20(15-28-14-16)25-29-30-26(32(25)23-21(36-3)6-5-7-22(23)37-4)31-38(34,35)17(2)24(33)19-10-8-18(13-27)9-11-19/h5-12,14-15,17,24,33H,1-4H3,(H,30,31)/t17-,24-/m0/s1. The maximum Gasteiger partial charge on any atom is 0.243 e. The zero-order valence-electron chi connectivity index (χ0n) is 21.2. The number of sulfonamides is 1. The maximum atomic E-state index is 13.5. The first-order valence-corrected chi connectivity index (χ1v) is 13.0. The molecule has 0 saturated heterocycles. The third-order valence-corrected chi connectivity index (χ3v) is 7.67. The van der Waals surface area contributed by atoms with E-state index >= 15 is 0 Å². The zero-order valence-corrected chi connectivity index (χ0v) is 22.0. The van der Waals surface area contributed by atoms with Crippen LogP contribution in [0.15, 0.2) is 60.9 Å². The average Bonchev–Trinajstić information content (AvgIpc) is 3.33. The zero-order chi connectivity index (χ0) is 27.4. The molecule has 0 bridgehead atoms. The van der Waals surface area contributed by atoms with Gasteiger partial charge in [0.1, 0.15) is 22.4 Å². The van der Waals surface area contributed by atoms with Crippen molar-refractivity contribution in [3.05, 3.63) is 77.6 Å². The number of benzene rings is 2. The third kappa shape index (κ3) is 5.15. The Morgan fingerprint density at radius 2 is 1.71 bits per heavy atom. The number of hydrogen-bond donors (Lipinski definition) is 2. The van der Waals surface area contributed by atoms with Crippen LogP contribution in [0.3, 0.4) is 0 Å². The summed E-state index contributed by atoms with van der Waals surface area (Å²) >= 11 is 0. The number of nitrogens with one attached hydrogen (secondary N) is 1. The van der Waals surface area contributed by atoms with Gasteiger partial charge in [-0.15, -0.1) is 10.2 Å². The van der Waals surface area contributed by atoms with Crippen molar-refractivity contribution in [3.8, 4) is 34.6 Å². The summed E-state index contributed by atoms with van der Waals surface area (Å²) < 4.78 is 42.0. The minimum Gasteiger partial charge on any atom is -0.494 e. The van der Waals surface area contributed by atoms with Crippen LogP contribution in [0.25, 0.3) is 17.1 Å². The lowest BCUT2D eigenvalue weighted by Gasteiger charge is -2.21. The molecule has 0 spiro atoms. The van der Waals surface area contributed by atoms with Crippen LogP contribution in [0.1, 0.15) is 29.7 Å². The fourth-order valence-electron chi connectivity index (χ4n) is 3.89. The van der Waals surface area contributed by atoms with Crippen LogP contribution in [0.5, 0.6) is 11.5 Å². The molecule has 0 unspecified atom stereocenters. The van der Waals surface area contributed by atoms with Crippen molar-refractivity contribution < 1.29 is 23.0 Å².